The zero-order chi connectivity index (χ0) is 13.2. The van der Waals surface area contributed by atoms with Gasteiger partial charge in [0.25, 0.3) is 0 Å². The molecule has 2 amide bonds. The van der Waals surface area contributed by atoms with Gasteiger partial charge in [-0.05, 0) is 19.8 Å². The van der Waals surface area contributed by atoms with Crippen LogP contribution in [0.3, 0.4) is 0 Å². The van der Waals surface area contributed by atoms with Crippen LogP contribution in [0.25, 0.3) is 0 Å². The highest BCUT2D eigenvalue weighted by molar-refractivity contribution is 7.13. The highest BCUT2D eigenvalue weighted by atomic mass is 32.1. The summed E-state index contributed by atoms with van der Waals surface area (Å²) in [5.74, 6) is -0.967. The molecule has 6 nitrogen and oxygen atoms in total. The Morgan fingerprint density at radius 3 is 2.61 bits per heavy atom. The molecule has 2 rings (SSSR count). The first-order valence-corrected chi connectivity index (χ1v) is 6.64. The summed E-state index contributed by atoms with van der Waals surface area (Å²) in [6, 6.07) is -0.506. The minimum Gasteiger partial charge on any atom is -0.480 e. The van der Waals surface area contributed by atoms with E-state index >= 15 is 0 Å². The number of carboxylic acid groups (broad SMARTS) is 1. The number of amides is 2. The van der Waals surface area contributed by atoms with Crippen molar-refractivity contribution >= 4 is 28.5 Å². The Morgan fingerprint density at radius 1 is 1.44 bits per heavy atom. The maximum Gasteiger partial charge on any atom is 0.329 e. The van der Waals surface area contributed by atoms with Gasteiger partial charge in [-0.1, -0.05) is 12.8 Å². The number of carbonyl (C=O) groups is 2. The van der Waals surface area contributed by atoms with Gasteiger partial charge in [-0.2, -0.15) is 0 Å². The molecule has 1 fully saturated rings. The largest absolute Gasteiger partial charge is 0.480 e. The summed E-state index contributed by atoms with van der Waals surface area (Å²) < 4.78 is 0. The van der Waals surface area contributed by atoms with Gasteiger partial charge in [-0.25, -0.2) is 14.6 Å². The fourth-order valence-electron chi connectivity index (χ4n) is 2.13. The zero-order valence-corrected chi connectivity index (χ0v) is 10.8. The predicted octanol–water partition coefficient (Wildman–Crippen LogP) is 1.97. The molecule has 1 saturated carbocycles. The van der Waals surface area contributed by atoms with Crippen LogP contribution in [0.2, 0.25) is 0 Å². The molecule has 98 valence electrons. The van der Waals surface area contributed by atoms with Crippen LogP contribution in [-0.2, 0) is 4.79 Å². The molecule has 1 aromatic rings. The van der Waals surface area contributed by atoms with E-state index in [1.807, 2.05) is 12.3 Å². The maximum atomic E-state index is 11.8. The number of nitrogens with one attached hydrogen (secondary N) is 2. The van der Waals surface area contributed by atoms with Crippen LogP contribution in [0, 0.1) is 6.92 Å². The molecule has 0 aromatic carbocycles. The molecular weight excluding hydrogens is 254 g/mol. The van der Waals surface area contributed by atoms with E-state index in [2.05, 4.69) is 15.6 Å². The molecule has 1 aromatic heterocycles. The second kappa shape index (κ2) is 4.93. The van der Waals surface area contributed by atoms with Crippen molar-refractivity contribution in [2.45, 2.75) is 38.1 Å². The summed E-state index contributed by atoms with van der Waals surface area (Å²) in [5.41, 5.74) is -0.291. The lowest BCUT2D eigenvalue weighted by molar-refractivity contribution is -0.144. The average molecular weight is 269 g/mol. The lowest BCUT2D eigenvalue weighted by Crippen LogP contribution is -2.53. The molecule has 0 bridgehead atoms. The molecule has 3 N–H and O–H groups in total. The summed E-state index contributed by atoms with van der Waals surface area (Å²) in [7, 11) is 0. The van der Waals surface area contributed by atoms with Crippen molar-refractivity contribution < 1.29 is 14.7 Å². The van der Waals surface area contributed by atoms with E-state index in [0.717, 1.165) is 18.5 Å². The van der Waals surface area contributed by atoms with Crippen LogP contribution < -0.4 is 10.6 Å². The van der Waals surface area contributed by atoms with Crippen molar-refractivity contribution in [2.75, 3.05) is 5.32 Å². The zero-order valence-electron chi connectivity index (χ0n) is 10.0. The number of aromatic nitrogens is 1. The fourth-order valence-corrected chi connectivity index (χ4v) is 2.81. The molecule has 0 saturated heterocycles. The first kappa shape index (κ1) is 12.8. The number of aryl methyl sites for hydroxylation is 1. The third-order valence-electron chi connectivity index (χ3n) is 3.06. The van der Waals surface area contributed by atoms with Crippen LogP contribution in [0.15, 0.2) is 5.38 Å². The van der Waals surface area contributed by atoms with E-state index < -0.39 is 17.5 Å². The second-order valence-corrected chi connectivity index (χ2v) is 5.33. The van der Waals surface area contributed by atoms with E-state index in [9.17, 15) is 14.7 Å². The fraction of sp³-hybridized carbons (Fsp3) is 0.545. The highest BCUT2D eigenvalue weighted by Gasteiger charge is 2.42. The van der Waals surface area contributed by atoms with Crippen LogP contribution >= 0.6 is 11.3 Å². The van der Waals surface area contributed by atoms with Gasteiger partial charge in [0.2, 0.25) is 0 Å². The number of carbonyl (C=O) groups excluding carboxylic acids is 1. The maximum absolute atomic E-state index is 11.8. The molecule has 1 aliphatic carbocycles. The van der Waals surface area contributed by atoms with Gasteiger partial charge >= 0.3 is 12.0 Å². The van der Waals surface area contributed by atoms with E-state index in [4.69, 9.17) is 0 Å². The third-order valence-corrected chi connectivity index (χ3v) is 3.93. The Bertz CT molecular complexity index is 466. The molecule has 0 aliphatic heterocycles. The lowest BCUT2D eigenvalue weighted by atomic mass is 9.98. The van der Waals surface area contributed by atoms with E-state index in [-0.39, 0.29) is 0 Å². The van der Waals surface area contributed by atoms with Gasteiger partial charge in [0.1, 0.15) is 5.54 Å². The molecule has 7 heteroatoms. The Labute approximate surface area is 108 Å². The number of hydrogen-bond donors (Lipinski definition) is 3. The van der Waals surface area contributed by atoms with Gasteiger partial charge in [-0.3, -0.25) is 5.32 Å². The van der Waals surface area contributed by atoms with Crippen LogP contribution in [0.1, 0.15) is 31.4 Å². The normalized spacial score (nSPS) is 17.4. The second-order valence-electron chi connectivity index (χ2n) is 4.47. The number of thiazole rings is 1. The molecular formula is C11H15N3O3S. The van der Waals surface area contributed by atoms with Crippen molar-refractivity contribution in [3.8, 4) is 0 Å². The molecule has 0 unspecified atom stereocenters. The van der Waals surface area contributed by atoms with E-state index in [0.29, 0.717) is 18.0 Å². The summed E-state index contributed by atoms with van der Waals surface area (Å²) >= 11 is 1.31. The summed E-state index contributed by atoms with van der Waals surface area (Å²) in [5, 5.41) is 16.7. The number of nitrogens with zero attached hydrogens (tertiary/aromatic N) is 1. The third kappa shape index (κ3) is 2.61. The van der Waals surface area contributed by atoms with Gasteiger partial charge in [0.05, 0.1) is 5.69 Å². The molecule has 0 atom stereocenters. The molecule has 0 spiro atoms. The Morgan fingerprint density at radius 2 is 2.11 bits per heavy atom. The number of hydrogen-bond acceptors (Lipinski definition) is 4. The van der Waals surface area contributed by atoms with Gasteiger partial charge < -0.3 is 10.4 Å². The van der Waals surface area contributed by atoms with Crippen molar-refractivity contribution in [1.82, 2.24) is 10.3 Å². The van der Waals surface area contributed by atoms with Crippen molar-refractivity contribution in [3.05, 3.63) is 11.1 Å². The topological polar surface area (TPSA) is 91.3 Å². The minimum atomic E-state index is -1.11. The van der Waals surface area contributed by atoms with E-state index in [1.54, 1.807) is 0 Å². The monoisotopic (exact) mass is 269 g/mol. The Kier molecular flexibility index (Phi) is 3.51. The number of rotatable bonds is 3. The molecule has 1 aliphatic rings. The van der Waals surface area contributed by atoms with Gasteiger partial charge in [-0.15, -0.1) is 11.3 Å². The van der Waals surface area contributed by atoms with Crippen molar-refractivity contribution in [3.63, 3.8) is 0 Å². The van der Waals surface area contributed by atoms with Gasteiger partial charge in [0.15, 0.2) is 5.13 Å². The quantitative estimate of drug-likeness (QED) is 0.782. The van der Waals surface area contributed by atoms with Crippen LogP contribution in [0.5, 0.6) is 0 Å². The highest BCUT2D eigenvalue weighted by Crippen LogP contribution is 2.30. The minimum absolute atomic E-state index is 0.475. The Balaban J connectivity index is 1.99. The first-order chi connectivity index (χ1) is 8.52. The number of urea groups is 1. The van der Waals surface area contributed by atoms with Crippen molar-refractivity contribution in [1.29, 1.82) is 0 Å². The summed E-state index contributed by atoms with van der Waals surface area (Å²) in [6.45, 7) is 1.83. The average Bonchev–Trinajstić information content (AvgIpc) is 2.89. The number of anilines is 1. The number of aliphatic carboxylic acids is 1. The Hall–Kier alpha value is -1.63. The first-order valence-electron chi connectivity index (χ1n) is 5.76. The summed E-state index contributed by atoms with van der Waals surface area (Å²) in [6.07, 6.45) is 2.60. The van der Waals surface area contributed by atoms with Crippen molar-refractivity contribution in [2.24, 2.45) is 0 Å². The lowest BCUT2D eigenvalue weighted by Gasteiger charge is -2.24. The molecule has 1 heterocycles. The molecule has 18 heavy (non-hydrogen) atoms. The standard InChI is InChI=1S/C11H15N3O3S/c1-7-6-18-10(12-7)13-9(17)14-11(8(15)16)4-2-3-5-11/h6H,2-5H2,1H3,(H,15,16)(H2,12,13,14,17). The SMILES string of the molecule is Cc1csc(NC(=O)NC2(C(=O)O)CCCC2)n1. The smallest absolute Gasteiger partial charge is 0.329 e. The molecule has 0 radical (unpaired) electrons. The predicted molar refractivity (Wildman–Crippen MR) is 67.8 cm³/mol. The van der Waals surface area contributed by atoms with Gasteiger partial charge in [0, 0.05) is 5.38 Å². The summed E-state index contributed by atoms with van der Waals surface area (Å²) in [4.78, 5) is 27.1. The van der Waals surface area contributed by atoms with Crippen LogP contribution in [-0.4, -0.2) is 27.6 Å². The number of carboxylic acids is 1. The van der Waals surface area contributed by atoms with Crippen LogP contribution in [0.4, 0.5) is 9.93 Å². The van der Waals surface area contributed by atoms with E-state index in [1.165, 1.54) is 11.3 Å².